The van der Waals surface area contributed by atoms with Gasteiger partial charge < -0.3 is 4.90 Å². The molecule has 1 aromatic carbocycles. The molecule has 4 nitrogen and oxygen atoms in total. The molecule has 0 aliphatic carbocycles. The molecule has 0 saturated heterocycles. The van der Waals surface area contributed by atoms with Gasteiger partial charge in [0.15, 0.2) is 5.65 Å². The van der Waals surface area contributed by atoms with Crippen molar-refractivity contribution in [1.29, 1.82) is 0 Å². The van der Waals surface area contributed by atoms with Crippen molar-refractivity contribution in [3.63, 3.8) is 0 Å². The molecule has 0 aliphatic heterocycles. The summed E-state index contributed by atoms with van der Waals surface area (Å²) in [4.78, 5) is 11.2. The van der Waals surface area contributed by atoms with Crippen LogP contribution in [-0.4, -0.2) is 28.6 Å². The number of nitrogens with zero attached hydrogens (tertiary/aromatic N) is 4. The van der Waals surface area contributed by atoms with E-state index in [9.17, 15) is 0 Å². The smallest absolute Gasteiger partial charge is 0.164 e. The predicted molar refractivity (Wildman–Crippen MR) is 87.5 cm³/mol. The number of aromatic nitrogens is 3. The van der Waals surface area contributed by atoms with Gasteiger partial charge in [0, 0.05) is 31.7 Å². The summed E-state index contributed by atoms with van der Waals surface area (Å²) < 4.78 is 2.02. The van der Waals surface area contributed by atoms with Crippen LogP contribution in [0.2, 0.25) is 0 Å². The van der Waals surface area contributed by atoms with E-state index in [4.69, 9.17) is 11.6 Å². The number of rotatable bonds is 3. The van der Waals surface area contributed by atoms with Gasteiger partial charge in [-0.15, -0.1) is 11.6 Å². The van der Waals surface area contributed by atoms with E-state index in [1.165, 1.54) is 0 Å². The SMILES string of the molecule is Cc1ccnc2c1nc(CCl)n2-c1ccc(N(C)C)cc1. The van der Waals surface area contributed by atoms with Crippen LogP contribution in [0.25, 0.3) is 16.9 Å². The molecular formula is C16H17ClN4. The van der Waals surface area contributed by atoms with Gasteiger partial charge in [0.1, 0.15) is 11.3 Å². The van der Waals surface area contributed by atoms with E-state index >= 15 is 0 Å². The summed E-state index contributed by atoms with van der Waals surface area (Å²) in [5.74, 6) is 1.16. The minimum Gasteiger partial charge on any atom is -0.378 e. The number of pyridine rings is 1. The highest BCUT2D eigenvalue weighted by Crippen LogP contribution is 2.24. The first-order valence-electron chi connectivity index (χ1n) is 6.78. The van der Waals surface area contributed by atoms with Crippen molar-refractivity contribution in [3.8, 4) is 5.69 Å². The molecule has 0 aliphatic rings. The second-order valence-electron chi connectivity index (χ2n) is 5.21. The molecule has 3 rings (SSSR count). The van der Waals surface area contributed by atoms with Gasteiger partial charge in [-0.3, -0.25) is 4.57 Å². The van der Waals surface area contributed by atoms with Crippen molar-refractivity contribution in [3.05, 3.63) is 47.9 Å². The van der Waals surface area contributed by atoms with Crippen molar-refractivity contribution in [1.82, 2.24) is 14.5 Å². The molecule has 5 heteroatoms. The maximum absolute atomic E-state index is 6.07. The topological polar surface area (TPSA) is 34.0 Å². The van der Waals surface area contributed by atoms with E-state index in [1.54, 1.807) is 0 Å². The van der Waals surface area contributed by atoms with Crippen LogP contribution in [0.3, 0.4) is 0 Å². The highest BCUT2D eigenvalue weighted by Gasteiger charge is 2.14. The molecule has 3 aromatic rings. The predicted octanol–water partition coefficient (Wildman–Crippen LogP) is 3.53. The van der Waals surface area contributed by atoms with E-state index in [0.29, 0.717) is 5.88 Å². The first-order chi connectivity index (χ1) is 10.1. The standard InChI is InChI=1S/C16H17ClN4/c1-11-8-9-18-16-15(11)19-14(10-17)21(16)13-6-4-12(5-7-13)20(2)3/h4-9H,10H2,1-3H3. The summed E-state index contributed by atoms with van der Waals surface area (Å²) >= 11 is 6.07. The highest BCUT2D eigenvalue weighted by atomic mass is 35.5. The minimum atomic E-state index is 0.352. The number of benzene rings is 1. The monoisotopic (exact) mass is 300 g/mol. The third-order valence-electron chi connectivity index (χ3n) is 3.56. The fraction of sp³-hybridized carbons (Fsp3) is 0.250. The Morgan fingerprint density at radius 1 is 1.14 bits per heavy atom. The van der Waals surface area contributed by atoms with Crippen molar-refractivity contribution < 1.29 is 0 Å². The lowest BCUT2D eigenvalue weighted by atomic mass is 10.2. The van der Waals surface area contributed by atoms with E-state index in [-0.39, 0.29) is 0 Å². The van der Waals surface area contributed by atoms with Crippen LogP contribution in [0.4, 0.5) is 5.69 Å². The van der Waals surface area contributed by atoms with Crippen molar-refractivity contribution in [2.24, 2.45) is 0 Å². The summed E-state index contributed by atoms with van der Waals surface area (Å²) in [6.07, 6.45) is 1.81. The van der Waals surface area contributed by atoms with E-state index in [2.05, 4.69) is 39.1 Å². The van der Waals surface area contributed by atoms with Crippen LogP contribution in [0.1, 0.15) is 11.4 Å². The third-order valence-corrected chi connectivity index (χ3v) is 3.80. The molecule has 0 spiro atoms. The maximum Gasteiger partial charge on any atom is 0.164 e. The fourth-order valence-corrected chi connectivity index (χ4v) is 2.58. The number of fused-ring (bicyclic) bond motifs is 1. The second-order valence-corrected chi connectivity index (χ2v) is 5.48. The average molecular weight is 301 g/mol. The average Bonchev–Trinajstić information content (AvgIpc) is 2.87. The van der Waals surface area contributed by atoms with Crippen LogP contribution in [0, 0.1) is 6.92 Å². The van der Waals surface area contributed by atoms with E-state index in [0.717, 1.165) is 33.9 Å². The Hall–Kier alpha value is -2.07. The Kier molecular flexibility index (Phi) is 3.55. The van der Waals surface area contributed by atoms with Gasteiger partial charge in [-0.2, -0.15) is 0 Å². The van der Waals surface area contributed by atoms with Gasteiger partial charge in [-0.1, -0.05) is 0 Å². The Morgan fingerprint density at radius 2 is 1.86 bits per heavy atom. The Morgan fingerprint density at radius 3 is 2.48 bits per heavy atom. The summed E-state index contributed by atoms with van der Waals surface area (Å²) in [6.45, 7) is 2.04. The number of hydrogen-bond acceptors (Lipinski definition) is 3. The first kappa shape index (κ1) is 13.9. The molecule has 2 aromatic heterocycles. The molecule has 0 amide bonds. The molecule has 0 saturated carbocycles. The van der Waals surface area contributed by atoms with Gasteiger partial charge >= 0.3 is 0 Å². The maximum atomic E-state index is 6.07. The van der Waals surface area contributed by atoms with Crippen LogP contribution in [-0.2, 0) is 5.88 Å². The second kappa shape index (κ2) is 5.37. The van der Waals surface area contributed by atoms with Gasteiger partial charge in [0.05, 0.1) is 5.88 Å². The van der Waals surface area contributed by atoms with Crippen LogP contribution < -0.4 is 4.90 Å². The lowest BCUT2D eigenvalue weighted by Crippen LogP contribution is -2.08. The molecule has 21 heavy (non-hydrogen) atoms. The lowest BCUT2D eigenvalue weighted by molar-refractivity contribution is 0.968. The molecule has 0 bridgehead atoms. The number of hydrogen-bond donors (Lipinski definition) is 0. The molecule has 0 radical (unpaired) electrons. The van der Waals surface area contributed by atoms with Gasteiger partial charge in [-0.25, -0.2) is 9.97 Å². The summed E-state index contributed by atoms with van der Waals surface area (Å²) in [7, 11) is 4.05. The molecule has 2 heterocycles. The number of anilines is 1. The molecule has 0 atom stereocenters. The Labute approximate surface area is 129 Å². The molecule has 108 valence electrons. The zero-order chi connectivity index (χ0) is 15.0. The Bertz CT molecular complexity index is 775. The summed E-state index contributed by atoms with van der Waals surface area (Å²) in [5.41, 5.74) is 5.04. The molecular weight excluding hydrogens is 284 g/mol. The fourth-order valence-electron chi connectivity index (χ4n) is 2.40. The van der Waals surface area contributed by atoms with Crippen LogP contribution >= 0.6 is 11.6 Å². The number of aryl methyl sites for hydroxylation is 1. The van der Waals surface area contributed by atoms with Gasteiger partial charge in [0.25, 0.3) is 0 Å². The number of alkyl halides is 1. The van der Waals surface area contributed by atoms with Crippen molar-refractivity contribution in [2.75, 3.05) is 19.0 Å². The highest BCUT2D eigenvalue weighted by molar-refractivity contribution is 6.17. The minimum absolute atomic E-state index is 0.352. The third kappa shape index (κ3) is 2.36. The van der Waals surface area contributed by atoms with E-state index in [1.807, 2.05) is 37.8 Å². The zero-order valence-electron chi connectivity index (χ0n) is 12.3. The largest absolute Gasteiger partial charge is 0.378 e. The van der Waals surface area contributed by atoms with Crippen molar-refractivity contribution >= 4 is 28.5 Å². The number of imidazole rings is 1. The summed E-state index contributed by atoms with van der Waals surface area (Å²) in [6, 6.07) is 10.3. The van der Waals surface area contributed by atoms with Crippen LogP contribution in [0.15, 0.2) is 36.5 Å². The summed E-state index contributed by atoms with van der Waals surface area (Å²) in [5, 5.41) is 0. The normalized spacial score (nSPS) is 11.0. The van der Waals surface area contributed by atoms with Gasteiger partial charge in [0.2, 0.25) is 0 Å². The molecule has 0 N–H and O–H groups in total. The van der Waals surface area contributed by atoms with Gasteiger partial charge in [-0.05, 0) is 42.8 Å². The number of halogens is 1. The molecule has 0 fully saturated rings. The molecule has 0 unspecified atom stereocenters. The zero-order valence-corrected chi connectivity index (χ0v) is 13.1. The van der Waals surface area contributed by atoms with Crippen molar-refractivity contribution in [2.45, 2.75) is 12.8 Å². The Balaban J connectivity index is 2.21. The van der Waals surface area contributed by atoms with Crippen LogP contribution in [0.5, 0.6) is 0 Å². The van der Waals surface area contributed by atoms with E-state index < -0.39 is 0 Å². The lowest BCUT2D eigenvalue weighted by Gasteiger charge is -2.13. The quantitative estimate of drug-likeness (QED) is 0.694. The first-order valence-corrected chi connectivity index (χ1v) is 7.32.